The van der Waals surface area contributed by atoms with E-state index in [9.17, 15) is 9.90 Å². The number of ether oxygens (including phenoxy) is 1. The second-order valence-electron chi connectivity index (χ2n) is 6.45. The van der Waals surface area contributed by atoms with Crippen LogP contribution in [0.5, 0.6) is 5.75 Å². The zero-order chi connectivity index (χ0) is 15.6. The summed E-state index contributed by atoms with van der Waals surface area (Å²) < 4.78 is 5.48. The highest BCUT2D eigenvalue weighted by Gasteiger charge is 2.30. The van der Waals surface area contributed by atoms with Gasteiger partial charge in [0.2, 0.25) is 0 Å². The molecule has 21 heavy (non-hydrogen) atoms. The molecule has 0 aliphatic heterocycles. The summed E-state index contributed by atoms with van der Waals surface area (Å²) in [6, 6.07) is 2.11. The van der Waals surface area contributed by atoms with Crippen LogP contribution in [0.4, 0.5) is 0 Å². The van der Waals surface area contributed by atoms with Crippen molar-refractivity contribution in [2.45, 2.75) is 52.4 Å². The van der Waals surface area contributed by atoms with Crippen LogP contribution in [-0.4, -0.2) is 18.2 Å². The van der Waals surface area contributed by atoms with Crippen LogP contribution in [0.3, 0.4) is 0 Å². The molecule has 0 radical (unpaired) electrons. The summed E-state index contributed by atoms with van der Waals surface area (Å²) in [5.74, 6) is -0.165. The Labute approximate surface area is 131 Å². The number of aliphatic carboxylic acids is 1. The van der Waals surface area contributed by atoms with E-state index in [1.165, 1.54) is 17.5 Å². The number of hydrogen-bond donors (Lipinski definition) is 1. The molecule has 116 valence electrons. The second-order valence-corrected chi connectivity index (χ2v) is 6.83. The van der Waals surface area contributed by atoms with Crippen molar-refractivity contribution in [3.05, 3.63) is 27.8 Å². The Bertz CT molecular complexity index is 549. The van der Waals surface area contributed by atoms with E-state index in [1.54, 1.807) is 21.0 Å². The molecular formula is C17H23ClO3. The Kier molecular flexibility index (Phi) is 4.82. The predicted molar refractivity (Wildman–Crippen MR) is 84.4 cm³/mol. The number of carboxylic acids is 1. The van der Waals surface area contributed by atoms with E-state index >= 15 is 0 Å². The lowest BCUT2D eigenvalue weighted by Crippen LogP contribution is -2.26. The number of fused-ring (bicyclic) bond motifs is 1. The van der Waals surface area contributed by atoms with E-state index < -0.39 is 11.4 Å². The highest BCUT2D eigenvalue weighted by Crippen LogP contribution is 2.40. The Morgan fingerprint density at radius 3 is 2.62 bits per heavy atom. The summed E-state index contributed by atoms with van der Waals surface area (Å²) in [4.78, 5) is 11.4. The summed E-state index contributed by atoms with van der Waals surface area (Å²) in [5.41, 5.74) is 2.50. The maximum absolute atomic E-state index is 11.4. The number of rotatable bonds is 4. The van der Waals surface area contributed by atoms with Gasteiger partial charge in [-0.05, 0) is 62.6 Å². The van der Waals surface area contributed by atoms with Crippen LogP contribution in [0.15, 0.2) is 6.07 Å². The summed E-state index contributed by atoms with van der Waals surface area (Å²) in [6.45, 7) is 3.46. The summed E-state index contributed by atoms with van der Waals surface area (Å²) in [5, 5.41) is 10.0. The molecule has 1 aliphatic carbocycles. The smallest absolute Gasteiger partial charge is 0.309 e. The fraction of sp³-hybridized carbons (Fsp3) is 0.588. The van der Waals surface area contributed by atoms with Crippen LogP contribution in [0, 0.1) is 5.41 Å². The largest absolute Gasteiger partial charge is 0.495 e. The minimum Gasteiger partial charge on any atom is -0.495 e. The molecule has 1 N–H and O–H groups in total. The van der Waals surface area contributed by atoms with Crippen molar-refractivity contribution in [3.8, 4) is 5.75 Å². The molecule has 0 unspecified atom stereocenters. The third-order valence-electron chi connectivity index (χ3n) is 4.28. The third-order valence-corrected chi connectivity index (χ3v) is 4.68. The Morgan fingerprint density at radius 2 is 2.00 bits per heavy atom. The van der Waals surface area contributed by atoms with Crippen molar-refractivity contribution in [2.24, 2.45) is 5.41 Å². The van der Waals surface area contributed by atoms with Gasteiger partial charge in [0.25, 0.3) is 0 Å². The standard InChI is InChI=1S/C17H23ClO3/c1-17(2,16(19)20)10-12-9-11-7-5-4-6-8-13(11)14(18)15(12)21-3/h9H,4-8,10H2,1-3H3,(H,19,20). The number of hydrogen-bond acceptors (Lipinski definition) is 2. The van der Waals surface area contributed by atoms with Gasteiger partial charge in [-0.1, -0.05) is 24.1 Å². The molecule has 0 bridgehead atoms. The molecule has 0 amide bonds. The number of methoxy groups -OCH3 is 1. The number of halogens is 1. The van der Waals surface area contributed by atoms with Gasteiger partial charge in [-0.3, -0.25) is 4.79 Å². The van der Waals surface area contributed by atoms with Gasteiger partial charge in [0.1, 0.15) is 5.75 Å². The predicted octanol–water partition coefficient (Wildman–Crippen LogP) is 4.27. The van der Waals surface area contributed by atoms with Gasteiger partial charge in [0, 0.05) is 0 Å². The molecule has 0 heterocycles. The number of carbonyl (C=O) groups is 1. The maximum Gasteiger partial charge on any atom is 0.309 e. The molecular weight excluding hydrogens is 288 g/mol. The summed E-state index contributed by atoms with van der Waals surface area (Å²) in [7, 11) is 1.60. The van der Waals surface area contributed by atoms with Crippen molar-refractivity contribution in [1.82, 2.24) is 0 Å². The SMILES string of the molecule is COc1c(CC(C)(C)C(=O)O)cc2c(c1Cl)CCCCC2. The molecule has 3 nitrogen and oxygen atoms in total. The first-order valence-corrected chi connectivity index (χ1v) is 7.85. The van der Waals surface area contributed by atoms with E-state index in [0.29, 0.717) is 17.2 Å². The van der Waals surface area contributed by atoms with E-state index in [0.717, 1.165) is 31.2 Å². The first-order chi connectivity index (χ1) is 9.86. The quantitative estimate of drug-likeness (QED) is 0.845. The zero-order valence-corrected chi connectivity index (χ0v) is 13.7. The molecule has 0 saturated carbocycles. The molecule has 0 spiro atoms. The van der Waals surface area contributed by atoms with E-state index in [-0.39, 0.29) is 0 Å². The average molecular weight is 311 g/mol. The second kappa shape index (κ2) is 6.27. The van der Waals surface area contributed by atoms with Crippen molar-refractivity contribution in [1.29, 1.82) is 0 Å². The number of benzene rings is 1. The number of carboxylic acid groups (broad SMARTS) is 1. The summed E-state index contributed by atoms with van der Waals surface area (Å²) in [6.07, 6.45) is 5.93. The van der Waals surface area contributed by atoms with Crippen molar-refractivity contribution >= 4 is 17.6 Å². The summed E-state index contributed by atoms with van der Waals surface area (Å²) >= 11 is 6.54. The molecule has 0 saturated heterocycles. The maximum atomic E-state index is 11.4. The van der Waals surface area contributed by atoms with Crippen LogP contribution in [0.25, 0.3) is 0 Å². The molecule has 1 aromatic rings. The Hall–Kier alpha value is -1.22. The van der Waals surface area contributed by atoms with Crippen molar-refractivity contribution in [3.63, 3.8) is 0 Å². The first-order valence-electron chi connectivity index (χ1n) is 7.47. The lowest BCUT2D eigenvalue weighted by molar-refractivity contribution is -0.146. The van der Waals surface area contributed by atoms with Gasteiger partial charge in [-0.15, -0.1) is 0 Å². The Balaban J connectivity index is 2.48. The van der Waals surface area contributed by atoms with Crippen LogP contribution < -0.4 is 4.74 Å². The van der Waals surface area contributed by atoms with Crippen molar-refractivity contribution < 1.29 is 14.6 Å². The van der Waals surface area contributed by atoms with Gasteiger partial charge in [0.15, 0.2) is 0 Å². The fourth-order valence-electron chi connectivity index (χ4n) is 2.97. The van der Waals surface area contributed by atoms with Crippen molar-refractivity contribution in [2.75, 3.05) is 7.11 Å². The molecule has 0 atom stereocenters. The van der Waals surface area contributed by atoms with E-state index in [1.807, 2.05) is 0 Å². The van der Waals surface area contributed by atoms with Crippen LogP contribution in [0.1, 0.15) is 49.8 Å². The van der Waals surface area contributed by atoms with Gasteiger partial charge in [-0.25, -0.2) is 0 Å². The van der Waals surface area contributed by atoms with Gasteiger partial charge in [0.05, 0.1) is 17.5 Å². The van der Waals surface area contributed by atoms with Crippen LogP contribution in [-0.2, 0) is 24.1 Å². The van der Waals surface area contributed by atoms with Crippen LogP contribution >= 0.6 is 11.6 Å². The molecule has 2 rings (SSSR count). The van der Waals surface area contributed by atoms with Gasteiger partial charge in [-0.2, -0.15) is 0 Å². The lowest BCUT2D eigenvalue weighted by atomic mass is 9.84. The molecule has 1 aliphatic rings. The topological polar surface area (TPSA) is 46.5 Å². The zero-order valence-electron chi connectivity index (χ0n) is 13.0. The van der Waals surface area contributed by atoms with E-state index in [2.05, 4.69) is 6.07 Å². The van der Waals surface area contributed by atoms with Gasteiger partial charge < -0.3 is 9.84 Å². The Morgan fingerprint density at radius 1 is 1.33 bits per heavy atom. The minimum atomic E-state index is -0.838. The number of aryl methyl sites for hydroxylation is 1. The fourth-order valence-corrected chi connectivity index (χ4v) is 3.39. The molecule has 0 aromatic heterocycles. The molecule has 1 aromatic carbocycles. The highest BCUT2D eigenvalue weighted by atomic mass is 35.5. The average Bonchev–Trinajstić information content (AvgIpc) is 2.64. The third kappa shape index (κ3) is 3.34. The van der Waals surface area contributed by atoms with E-state index in [4.69, 9.17) is 16.3 Å². The van der Waals surface area contributed by atoms with Crippen LogP contribution in [0.2, 0.25) is 5.02 Å². The lowest BCUT2D eigenvalue weighted by Gasteiger charge is -2.23. The highest BCUT2D eigenvalue weighted by molar-refractivity contribution is 6.33. The monoisotopic (exact) mass is 310 g/mol. The van der Waals surface area contributed by atoms with Gasteiger partial charge >= 0.3 is 5.97 Å². The molecule has 0 fully saturated rings. The molecule has 4 heteroatoms. The normalized spacial score (nSPS) is 15.2. The minimum absolute atomic E-state index is 0.415. The first kappa shape index (κ1) is 16.2.